The lowest BCUT2D eigenvalue weighted by atomic mass is 10.0. The topological polar surface area (TPSA) is 70.3 Å². The van der Waals surface area contributed by atoms with Gasteiger partial charge in [0.2, 0.25) is 0 Å². The minimum absolute atomic E-state index is 0.520. The minimum atomic E-state index is -0.855. The van der Waals surface area contributed by atoms with E-state index in [0.717, 1.165) is 5.69 Å². The molecule has 2 unspecified atom stereocenters. The van der Waals surface area contributed by atoms with Gasteiger partial charge in [-0.05, 0) is 26.9 Å². The summed E-state index contributed by atoms with van der Waals surface area (Å²) in [5.41, 5.74) is 1.45. The highest BCUT2D eigenvalue weighted by Crippen LogP contribution is 2.20. The summed E-state index contributed by atoms with van der Waals surface area (Å²) in [6, 6.07) is 0. The molecule has 2 atom stereocenters. The first kappa shape index (κ1) is 12.2. The number of nitrogens with zero attached hydrogens (tertiary/aromatic N) is 2. The molecule has 0 fully saturated rings. The van der Waals surface area contributed by atoms with E-state index in [-0.39, 0.29) is 0 Å². The monoisotopic (exact) mass is 213 g/mol. The normalized spacial score (nSPS) is 15.3. The Bertz CT molecular complexity index is 312. The van der Waals surface area contributed by atoms with Crippen molar-refractivity contribution in [2.45, 2.75) is 25.6 Å². The van der Waals surface area contributed by atoms with E-state index in [1.165, 1.54) is 0 Å². The Morgan fingerprint density at radius 1 is 1.53 bits per heavy atom. The Labute approximate surface area is 89.7 Å². The van der Waals surface area contributed by atoms with Gasteiger partial charge in [0, 0.05) is 18.8 Å². The number of nitrogens with one attached hydrogen (secondary N) is 1. The second-order valence-electron chi connectivity index (χ2n) is 3.75. The van der Waals surface area contributed by atoms with Gasteiger partial charge in [0.1, 0.15) is 6.10 Å². The van der Waals surface area contributed by atoms with Gasteiger partial charge in [-0.15, -0.1) is 0 Å². The molecule has 5 heteroatoms. The molecule has 1 aromatic heterocycles. The van der Waals surface area contributed by atoms with Crippen molar-refractivity contribution >= 4 is 0 Å². The third-order valence-corrected chi connectivity index (χ3v) is 2.42. The van der Waals surface area contributed by atoms with Crippen LogP contribution < -0.4 is 5.32 Å². The van der Waals surface area contributed by atoms with Crippen molar-refractivity contribution in [2.24, 2.45) is 7.05 Å². The summed E-state index contributed by atoms with van der Waals surface area (Å²) < 4.78 is 1.64. The van der Waals surface area contributed by atoms with Gasteiger partial charge < -0.3 is 15.5 Å². The number of hydrogen-bond acceptors (Lipinski definition) is 4. The van der Waals surface area contributed by atoms with Gasteiger partial charge in [-0.1, -0.05) is 0 Å². The van der Waals surface area contributed by atoms with Crippen LogP contribution in [0.2, 0.25) is 0 Å². The van der Waals surface area contributed by atoms with Gasteiger partial charge in [-0.3, -0.25) is 4.68 Å². The van der Waals surface area contributed by atoms with Crippen LogP contribution in [0.15, 0.2) is 6.20 Å². The summed E-state index contributed by atoms with van der Waals surface area (Å²) in [6.07, 6.45) is 0.654. The third kappa shape index (κ3) is 3.02. The maximum absolute atomic E-state index is 9.88. The van der Waals surface area contributed by atoms with E-state index in [1.807, 2.05) is 14.0 Å². The first-order valence-corrected chi connectivity index (χ1v) is 5.07. The maximum atomic E-state index is 9.88. The smallest absolute Gasteiger partial charge is 0.108 e. The number of hydrogen-bond donors (Lipinski definition) is 3. The Morgan fingerprint density at radius 3 is 2.67 bits per heavy atom. The zero-order valence-corrected chi connectivity index (χ0v) is 9.44. The van der Waals surface area contributed by atoms with E-state index in [4.69, 9.17) is 0 Å². The van der Waals surface area contributed by atoms with E-state index >= 15 is 0 Å². The van der Waals surface area contributed by atoms with Crippen molar-refractivity contribution < 1.29 is 10.2 Å². The number of rotatable bonds is 5. The highest BCUT2D eigenvalue weighted by Gasteiger charge is 2.21. The van der Waals surface area contributed by atoms with Crippen LogP contribution in [0.3, 0.4) is 0 Å². The zero-order valence-electron chi connectivity index (χ0n) is 9.44. The molecule has 0 bridgehead atoms. The van der Waals surface area contributed by atoms with Crippen LogP contribution in [0.4, 0.5) is 0 Å². The van der Waals surface area contributed by atoms with Crippen LogP contribution in [0.5, 0.6) is 0 Å². The van der Waals surface area contributed by atoms with Gasteiger partial charge in [-0.2, -0.15) is 5.10 Å². The van der Waals surface area contributed by atoms with E-state index in [9.17, 15) is 10.2 Å². The SMILES string of the molecule is CNCCC(O)C(O)c1cn(C)nc1C. The van der Waals surface area contributed by atoms with E-state index in [1.54, 1.807) is 17.9 Å². The van der Waals surface area contributed by atoms with Gasteiger partial charge in [0.05, 0.1) is 11.8 Å². The highest BCUT2D eigenvalue weighted by atomic mass is 16.3. The molecule has 1 rings (SSSR count). The summed E-state index contributed by atoms with van der Waals surface area (Å²) in [4.78, 5) is 0. The van der Waals surface area contributed by atoms with Crippen LogP contribution in [-0.2, 0) is 7.05 Å². The number of aryl methyl sites for hydroxylation is 2. The molecule has 15 heavy (non-hydrogen) atoms. The molecular weight excluding hydrogens is 194 g/mol. The van der Waals surface area contributed by atoms with Crippen molar-refractivity contribution in [1.29, 1.82) is 0 Å². The maximum Gasteiger partial charge on any atom is 0.108 e. The first-order valence-electron chi connectivity index (χ1n) is 5.07. The molecule has 5 nitrogen and oxygen atoms in total. The summed E-state index contributed by atoms with van der Waals surface area (Å²) >= 11 is 0. The molecule has 0 aliphatic carbocycles. The molecule has 0 aromatic carbocycles. The molecule has 0 spiro atoms. The molecule has 3 N–H and O–H groups in total. The van der Waals surface area contributed by atoms with Crippen LogP contribution in [0.1, 0.15) is 23.8 Å². The van der Waals surface area contributed by atoms with Gasteiger partial charge in [0.25, 0.3) is 0 Å². The summed E-state index contributed by atoms with van der Waals surface area (Å²) in [7, 11) is 3.61. The predicted molar refractivity (Wildman–Crippen MR) is 57.5 cm³/mol. The third-order valence-electron chi connectivity index (χ3n) is 2.42. The van der Waals surface area contributed by atoms with Crippen LogP contribution in [0, 0.1) is 6.92 Å². The molecule has 0 aliphatic heterocycles. The van der Waals surface area contributed by atoms with E-state index in [0.29, 0.717) is 18.5 Å². The first-order chi connectivity index (χ1) is 7.06. The molecule has 0 amide bonds. The molecule has 1 aromatic rings. The van der Waals surface area contributed by atoms with Crippen molar-refractivity contribution in [2.75, 3.05) is 13.6 Å². The highest BCUT2D eigenvalue weighted by molar-refractivity contribution is 5.19. The van der Waals surface area contributed by atoms with Crippen molar-refractivity contribution in [3.05, 3.63) is 17.5 Å². The summed E-state index contributed by atoms with van der Waals surface area (Å²) in [5, 5.41) is 26.6. The van der Waals surface area contributed by atoms with Gasteiger partial charge >= 0.3 is 0 Å². The average molecular weight is 213 g/mol. The standard InChI is InChI=1S/C10H19N3O2/c1-7-8(6-13(3)12-7)10(15)9(14)4-5-11-2/h6,9-11,14-15H,4-5H2,1-3H3. The second-order valence-corrected chi connectivity index (χ2v) is 3.75. The van der Waals surface area contributed by atoms with Gasteiger partial charge in [0.15, 0.2) is 0 Å². The van der Waals surface area contributed by atoms with Crippen LogP contribution in [-0.4, -0.2) is 39.7 Å². The Kier molecular flexibility index (Phi) is 4.26. The Hall–Kier alpha value is -0.910. The average Bonchev–Trinajstić information content (AvgIpc) is 2.53. The van der Waals surface area contributed by atoms with Crippen molar-refractivity contribution in [3.63, 3.8) is 0 Å². The van der Waals surface area contributed by atoms with Crippen LogP contribution >= 0.6 is 0 Å². The zero-order chi connectivity index (χ0) is 11.4. The number of aliphatic hydroxyl groups excluding tert-OH is 2. The Morgan fingerprint density at radius 2 is 2.20 bits per heavy atom. The molecule has 86 valence electrons. The lowest BCUT2D eigenvalue weighted by Crippen LogP contribution is -2.23. The molecule has 0 saturated heterocycles. The van der Waals surface area contributed by atoms with E-state index in [2.05, 4.69) is 10.4 Å². The molecule has 0 radical (unpaired) electrons. The lowest BCUT2D eigenvalue weighted by Gasteiger charge is -2.16. The lowest BCUT2D eigenvalue weighted by molar-refractivity contribution is 0.0136. The number of aliphatic hydroxyl groups is 2. The molecule has 0 aliphatic rings. The largest absolute Gasteiger partial charge is 0.390 e. The van der Waals surface area contributed by atoms with Gasteiger partial charge in [-0.25, -0.2) is 0 Å². The fourth-order valence-electron chi connectivity index (χ4n) is 1.57. The quantitative estimate of drug-likeness (QED) is 0.630. The van der Waals surface area contributed by atoms with Crippen LogP contribution in [0.25, 0.3) is 0 Å². The fourth-order valence-corrected chi connectivity index (χ4v) is 1.57. The summed E-state index contributed by atoms with van der Waals surface area (Å²) in [6.45, 7) is 2.50. The Balaban J connectivity index is 2.66. The predicted octanol–water partition coefficient (Wildman–Crippen LogP) is -0.268. The van der Waals surface area contributed by atoms with Crippen molar-refractivity contribution in [1.82, 2.24) is 15.1 Å². The molecule has 1 heterocycles. The second kappa shape index (κ2) is 5.25. The fraction of sp³-hybridized carbons (Fsp3) is 0.700. The van der Waals surface area contributed by atoms with E-state index < -0.39 is 12.2 Å². The minimum Gasteiger partial charge on any atom is -0.390 e. The summed E-state index contributed by atoms with van der Waals surface area (Å²) in [5.74, 6) is 0. The van der Waals surface area contributed by atoms with Crippen molar-refractivity contribution in [3.8, 4) is 0 Å². The molecule has 0 saturated carbocycles. The molecular formula is C10H19N3O2. The number of aromatic nitrogens is 2.